The standard InChI is InChI=1S/C9H8O2.C4H11N5/c10-9(11)7-6-8-4-2-1-3-5-8;1-9(2)4(7)8-3(5)6/h1-7H,(H,10,11);1-2H3,(H5,5,6,7,8). The predicted octanol–water partition coefficient (Wildman–Crippen LogP) is 0.541. The molecule has 0 aliphatic heterocycles. The zero-order chi connectivity index (χ0) is 15.5. The Kier molecular flexibility index (Phi) is 7.85. The van der Waals surface area contributed by atoms with E-state index in [1.165, 1.54) is 0 Å². The number of hydrogen-bond donors (Lipinski definition) is 4. The first-order chi connectivity index (χ1) is 9.32. The number of carbonyl (C=O) groups is 1. The van der Waals surface area contributed by atoms with Gasteiger partial charge in [0.25, 0.3) is 0 Å². The van der Waals surface area contributed by atoms with Gasteiger partial charge in [-0.05, 0) is 11.6 Å². The van der Waals surface area contributed by atoms with Gasteiger partial charge in [0.05, 0.1) is 0 Å². The van der Waals surface area contributed by atoms with E-state index in [4.69, 9.17) is 22.0 Å². The number of rotatable bonds is 2. The van der Waals surface area contributed by atoms with E-state index in [-0.39, 0.29) is 11.9 Å². The van der Waals surface area contributed by atoms with Gasteiger partial charge in [-0.1, -0.05) is 30.3 Å². The summed E-state index contributed by atoms with van der Waals surface area (Å²) < 4.78 is 0. The van der Waals surface area contributed by atoms with Crippen LogP contribution < -0.4 is 11.5 Å². The molecule has 7 nitrogen and oxygen atoms in total. The summed E-state index contributed by atoms with van der Waals surface area (Å²) in [4.78, 5) is 15.1. The van der Waals surface area contributed by atoms with Crippen molar-refractivity contribution in [3.8, 4) is 0 Å². The summed E-state index contributed by atoms with van der Waals surface area (Å²) in [6, 6.07) is 9.31. The Hall–Kier alpha value is -2.83. The van der Waals surface area contributed by atoms with E-state index in [9.17, 15) is 4.79 Å². The average Bonchev–Trinajstić information content (AvgIpc) is 2.37. The number of benzene rings is 1. The first-order valence-corrected chi connectivity index (χ1v) is 5.64. The second kappa shape index (κ2) is 9.15. The van der Waals surface area contributed by atoms with Gasteiger partial charge in [0.1, 0.15) is 0 Å². The molecule has 6 N–H and O–H groups in total. The van der Waals surface area contributed by atoms with E-state index in [0.29, 0.717) is 0 Å². The van der Waals surface area contributed by atoms with Crippen molar-refractivity contribution in [2.45, 2.75) is 0 Å². The molecule has 20 heavy (non-hydrogen) atoms. The molecule has 0 radical (unpaired) electrons. The number of aliphatic carboxylic acids is 1. The van der Waals surface area contributed by atoms with Crippen molar-refractivity contribution in [3.63, 3.8) is 0 Å². The maximum Gasteiger partial charge on any atom is 0.328 e. The Balaban J connectivity index is 0.000000370. The van der Waals surface area contributed by atoms with Crippen LogP contribution in [-0.2, 0) is 4.79 Å². The summed E-state index contributed by atoms with van der Waals surface area (Å²) in [5, 5.41) is 15.0. The molecule has 0 saturated heterocycles. The number of aliphatic imine (C=N–C) groups is 1. The van der Waals surface area contributed by atoms with Gasteiger partial charge in [0.15, 0.2) is 5.96 Å². The van der Waals surface area contributed by atoms with E-state index in [2.05, 4.69) is 4.99 Å². The van der Waals surface area contributed by atoms with Gasteiger partial charge in [-0.15, -0.1) is 0 Å². The van der Waals surface area contributed by atoms with Crippen molar-refractivity contribution in [1.82, 2.24) is 4.90 Å². The van der Waals surface area contributed by atoms with Crippen LogP contribution in [0.1, 0.15) is 5.56 Å². The smallest absolute Gasteiger partial charge is 0.328 e. The molecule has 0 unspecified atom stereocenters. The van der Waals surface area contributed by atoms with Gasteiger partial charge in [-0.3, -0.25) is 5.41 Å². The van der Waals surface area contributed by atoms with Crippen molar-refractivity contribution in [2.75, 3.05) is 14.1 Å². The molecular weight excluding hydrogens is 258 g/mol. The molecule has 0 aliphatic rings. The van der Waals surface area contributed by atoms with Gasteiger partial charge >= 0.3 is 5.97 Å². The second-order valence-corrected chi connectivity index (χ2v) is 3.83. The molecule has 0 heterocycles. The van der Waals surface area contributed by atoms with Crippen LogP contribution in [0.25, 0.3) is 6.08 Å². The minimum Gasteiger partial charge on any atom is -0.478 e. The highest BCUT2D eigenvalue weighted by atomic mass is 16.4. The van der Waals surface area contributed by atoms with Crippen LogP contribution in [0.4, 0.5) is 0 Å². The van der Waals surface area contributed by atoms with Crippen LogP contribution in [0.2, 0.25) is 0 Å². The fourth-order valence-corrected chi connectivity index (χ4v) is 0.955. The van der Waals surface area contributed by atoms with Crippen LogP contribution in [-0.4, -0.2) is 42.0 Å². The summed E-state index contributed by atoms with van der Waals surface area (Å²) in [7, 11) is 3.45. The van der Waals surface area contributed by atoms with Gasteiger partial charge in [-0.2, -0.15) is 4.99 Å². The monoisotopic (exact) mass is 277 g/mol. The molecule has 0 atom stereocenters. The number of guanidine groups is 2. The molecule has 7 heteroatoms. The largest absolute Gasteiger partial charge is 0.478 e. The highest BCUT2D eigenvalue weighted by molar-refractivity contribution is 5.91. The number of nitrogens with zero attached hydrogens (tertiary/aromatic N) is 2. The molecule has 0 saturated carbocycles. The second-order valence-electron chi connectivity index (χ2n) is 3.83. The summed E-state index contributed by atoms with van der Waals surface area (Å²) in [5.41, 5.74) is 11.1. The lowest BCUT2D eigenvalue weighted by Gasteiger charge is -2.08. The maximum absolute atomic E-state index is 10.1. The third-order valence-corrected chi connectivity index (χ3v) is 1.91. The van der Waals surface area contributed by atoms with Crippen molar-refractivity contribution in [1.29, 1.82) is 5.41 Å². The van der Waals surface area contributed by atoms with Gasteiger partial charge in [0, 0.05) is 20.2 Å². The molecular formula is C13H19N5O2. The minimum atomic E-state index is -0.922. The Labute approximate surface area is 117 Å². The summed E-state index contributed by atoms with van der Waals surface area (Å²) in [6.07, 6.45) is 2.68. The zero-order valence-electron chi connectivity index (χ0n) is 11.4. The van der Waals surface area contributed by atoms with Crippen molar-refractivity contribution >= 4 is 24.0 Å². The Morgan fingerprint density at radius 2 is 1.85 bits per heavy atom. The maximum atomic E-state index is 10.1. The number of nitrogens with one attached hydrogen (secondary N) is 1. The van der Waals surface area contributed by atoms with Gasteiger partial charge in [0.2, 0.25) is 5.96 Å². The third-order valence-electron chi connectivity index (χ3n) is 1.91. The average molecular weight is 277 g/mol. The molecule has 1 aromatic carbocycles. The van der Waals surface area contributed by atoms with Crippen LogP contribution in [0, 0.1) is 5.41 Å². The molecule has 108 valence electrons. The van der Waals surface area contributed by atoms with Crippen LogP contribution in [0.3, 0.4) is 0 Å². The Morgan fingerprint density at radius 1 is 1.30 bits per heavy atom. The van der Waals surface area contributed by atoms with Gasteiger partial charge < -0.3 is 21.5 Å². The SMILES string of the molecule is CN(C)C(N)=NC(=N)N.O=C(O)C=Cc1ccccc1. The van der Waals surface area contributed by atoms with E-state index in [1.54, 1.807) is 25.1 Å². The molecule has 0 aromatic heterocycles. The van der Waals surface area contributed by atoms with E-state index in [0.717, 1.165) is 11.6 Å². The lowest BCUT2D eigenvalue weighted by atomic mass is 10.2. The van der Waals surface area contributed by atoms with Gasteiger partial charge in [-0.25, -0.2) is 4.79 Å². The first kappa shape index (κ1) is 17.2. The van der Waals surface area contributed by atoms with Crippen molar-refractivity contribution in [3.05, 3.63) is 42.0 Å². The van der Waals surface area contributed by atoms with Crippen molar-refractivity contribution in [2.24, 2.45) is 16.5 Å². The molecule has 0 bridgehead atoms. The molecule has 0 fully saturated rings. The number of carboxylic acid groups (broad SMARTS) is 1. The highest BCUT2D eigenvalue weighted by Crippen LogP contribution is 1.99. The van der Waals surface area contributed by atoms with Crippen LogP contribution in [0.15, 0.2) is 41.4 Å². The molecule has 0 amide bonds. The third kappa shape index (κ3) is 9.23. The van der Waals surface area contributed by atoms with Crippen molar-refractivity contribution < 1.29 is 9.90 Å². The highest BCUT2D eigenvalue weighted by Gasteiger charge is 1.92. The Morgan fingerprint density at radius 3 is 2.20 bits per heavy atom. The summed E-state index contributed by atoms with van der Waals surface area (Å²) in [6.45, 7) is 0. The molecule has 1 rings (SSSR count). The van der Waals surface area contributed by atoms with E-state index in [1.807, 2.05) is 30.3 Å². The van der Waals surface area contributed by atoms with Crippen LogP contribution in [0.5, 0.6) is 0 Å². The topological polar surface area (TPSA) is 129 Å². The minimum absolute atomic E-state index is 0.238. The normalized spacial score (nSPS) is 10.6. The van der Waals surface area contributed by atoms with E-state index < -0.39 is 5.97 Å². The number of nitrogens with two attached hydrogens (primary N) is 2. The molecule has 1 aromatic rings. The lowest BCUT2D eigenvalue weighted by Crippen LogP contribution is -2.32. The quantitative estimate of drug-likeness (QED) is 0.356. The molecule has 0 aliphatic carbocycles. The Bertz CT molecular complexity index is 495. The van der Waals surface area contributed by atoms with E-state index >= 15 is 0 Å². The number of hydrogen-bond acceptors (Lipinski definition) is 2. The zero-order valence-corrected chi connectivity index (χ0v) is 11.4. The first-order valence-electron chi connectivity index (χ1n) is 5.64. The summed E-state index contributed by atoms with van der Waals surface area (Å²) >= 11 is 0. The molecule has 0 spiro atoms. The fourth-order valence-electron chi connectivity index (χ4n) is 0.955. The fraction of sp³-hybridized carbons (Fsp3) is 0.154. The predicted molar refractivity (Wildman–Crippen MR) is 80.3 cm³/mol. The van der Waals surface area contributed by atoms with Crippen LogP contribution >= 0.6 is 0 Å². The lowest BCUT2D eigenvalue weighted by molar-refractivity contribution is -0.131. The summed E-state index contributed by atoms with van der Waals surface area (Å²) in [5.74, 6) is -0.961. The number of carboxylic acids is 1.